The summed E-state index contributed by atoms with van der Waals surface area (Å²) in [4.78, 5) is 12.0. The lowest BCUT2D eigenvalue weighted by atomic mass is 10.0. The summed E-state index contributed by atoms with van der Waals surface area (Å²) < 4.78 is 16.6. The van der Waals surface area contributed by atoms with Gasteiger partial charge < -0.3 is 15.4 Å². The van der Waals surface area contributed by atoms with Gasteiger partial charge in [-0.1, -0.05) is 30.3 Å². The lowest BCUT2D eigenvalue weighted by Gasteiger charge is -2.14. The first kappa shape index (κ1) is 18.0. The molecule has 0 aliphatic rings. The molecule has 0 bridgehead atoms. The van der Waals surface area contributed by atoms with Crippen molar-refractivity contribution < 1.29 is 13.7 Å². The van der Waals surface area contributed by atoms with Crippen LogP contribution in [0.4, 0.5) is 10.5 Å². The molecule has 2 aromatic rings. The molecule has 2 N–H and O–H groups in total. The second-order valence-corrected chi connectivity index (χ2v) is 7.00. The second-order valence-electron chi connectivity index (χ2n) is 5.52. The van der Waals surface area contributed by atoms with E-state index in [0.29, 0.717) is 11.4 Å². The van der Waals surface area contributed by atoms with Crippen LogP contribution in [0.25, 0.3) is 11.1 Å². The molecule has 0 aromatic heterocycles. The molecule has 0 unspecified atom stereocenters. The van der Waals surface area contributed by atoms with E-state index in [0.717, 1.165) is 16.9 Å². The van der Waals surface area contributed by atoms with Gasteiger partial charge in [0, 0.05) is 40.1 Å². The normalized spacial score (nSPS) is 13.0. The molecule has 6 heteroatoms. The van der Waals surface area contributed by atoms with Gasteiger partial charge in [0.25, 0.3) is 0 Å². The molecule has 2 rings (SSSR count). The number of amides is 2. The van der Waals surface area contributed by atoms with Gasteiger partial charge in [0.1, 0.15) is 5.75 Å². The van der Waals surface area contributed by atoms with Gasteiger partial charge in [-0.3, -0.25) is 4.21 Å². The minimum absolute atomic E-state index is 0.159. The van der Waals surface area contributed by atoms with E-state index >= 15 is 0 Å². The summed E-state index contributed by atoms with van der Waals surface area (Å²) in [6, 6.07) is 14.8. The Labute approximate surface area is 144 Å². The molecule has 0 saturated heterocycles. The maximum atomic E-state index is 12.0. The van der Waals surface area contributed by atoms with Crippen LogP contribution in [0, 0.1) is 0 Å². The van der Waals surface area contributed by atoms with E-state index < -0.39 is 10.8 Å². The second kappa shape index (κ2) is 8.49. The number of carbonyl (C=O) groups is 1. The first-order chi connectivity index (χ1) is 11.5. The highest BCUT2D eigenvalue weighted by Gasteiger charge is 2.10. The van der Waals surface area contributed by atoms with Crippen molar-refractivity contribution in [2.45, 2.75) is 13.0 Å². The van der Waals surface area contributed by atoms with E-state index in [1.807, 2.05) is 55.5 Å². The molecule has 0 aliphatic carbocycles. The number of anilines is 1. The lowest BCUT2D eigenvalue weighted by molar-refractivity contribution is 0.250. The Bertz CT molecular complexity index is 734. The fraction of sp³-hybridized carbons (Fsp3) is 0.278. The van der Waals surface area contributed by atoms with E-state index in [1.54, 1.807) is 13.4 Å². The van der Waals surface area contributed by atoms with Crippen LogP contribution >= 0.6 is 0 Å². The van der Waals surface area contributed by atoms with E-state index in [4.69, 9.17) is 4.74 Å². The quantitative estimate of drug-likeness (QED) is 0.844. The predicted molar refractivity (Wildman–Crippen MR) is 99.0 cm³/mol. The Morgan fingerprint density at radius 3 is 2.67 bits per heavy atom. The molecule has 0 fully saturated rings. The lowest BCUT2D eigenvalue weighted by Crippen LogP contribution is -2.39. The topological polar surface area (TPSA) is 67.4 Å². The van der Waals surface area contributed by atoms with Crippen molar-refractivity contribution in [3.05, 3.63) is 48.5 Å². The van der Waals surface area contributed by atoms with Gasteiger partial charge in [-0.25, -0.2) is 4.79 Å². The number of para-hydroxylation sites is 1. The number of rotatable bonds is 6. The molecule has 24 heavy (non-hydrogen) atoms. The average molecular weight is 346 g/mol. The van der Waals surface area contributed by atoms with Crippen molar-refractivity contribution in [2.75, 3.05) is 24.4 Å². The van der Waals surface area contributed by atoms with Crippen LogP contribution < -0.4 is 15.4 Å². The largest absolute Gasteiger partial charge is 0.496 e. The van der Waals surface area contributed by atoms with Crippen molar-refractivity contribution in [2.24, 2.45) is 0 Å². The maximum Gasteiger partial charge on any atom is 0.319 e. The van der Waals surface area contributed by atoms with Crippen LogP contribution in [0.15, 0.2) is 48.5 Å². The summed E-state index contributed by atoms with van der Waals surface area (Å²) in [5.74, 6) is 1.20. The van der Waals surface area contributed by atoms with Crippen molar-refractivity contribution in [1.82, 2.24) is 5.32 Å². The number of urea groups is 1. The minimum atomic E-state index is -0.947. The standard InChI is InChI=1S/C18H22N2O3S/c1-13(12-24(3)22)19-18(21)20-15-8-6-7-14(11-15)16-9-4-5-10-17(16)23-2/h4-11,13H,12H2,1-3H3,(H2,19,20,21)/t13-,24+/m1/s1. The maximum absolute atomic E-state index is 12.0. The van der Waals surface area contributed by atoms with Crippen LogP contribution in [0.5, 0.6) is 5.75 Å². The monoisotopic (exact) mass is 346 g/mol. The average Bonchev–Trinajstić information content (AvgIpc) is 2.54. The SMILES string of the molecule is COc1ccccc1-c1cccc(NC(=O)N[C@H](C)C[S@](C)=O)c1. The Morgan fingerprint density at radius 2 is 1.96 bits per heavy atom. The first-order valence-corrected chi connectivity index (χ1v) is 9.33. The third-order valence-electron chi connectivity index (χ3n) is 3.40. The van der Waals surface area contributed by atoms with Gasteiger partial charge in [-0.2, -0.15) is 0 Å². The number of benzene rings is 2. The van der Waals surface area contributed by atoms with Gasteiger partial charge in [0.2, 0.25) is 0 Å². The van der Waals surface area contributed by atoms with Crippen LogP contribution in [0.2, 0.25) is 0 Å². The number of nitrogens with one attached hydrogen (secondary N) is 2. The number of hydrogen-bond donors (Lipinski definition) is 2. The fourth-order valence-electron chi connectivity index (χ4n) is 2.43. The van der Waals surface area contributed by atoms with Crippen LogP contribution in [0.1, 0.15) is 6.92 Å². The summed E-state index contributed by atoms with van der Waals surface area (Å²) in [5, 5.41) is 5.58. The predicted octanol–water partition coefficient (Wildman–Crippen LogP) is 3.25. The minimum Gasteiger partial charge on any atom is -0.496 e. The smallest absolute Gasteiger partial charge is 0.319 e. The first-order valence-electron chi connectivity index (χ1n) is 7.60. The Balaban J connectivity index is 2.10. The zero-order chi connectivity index (χ0) is 17.5. The van der Waals surface area contributed by atoms with Gasteiger partial charge in [-0.15, -0.1) is 0 Å². The van der Waals surface area contributed by atoms with Crippen LogP contribution in [-0.4, -0.2) is 35.4 Å². The zero-order valence-corrected chi connectivity index (χ0v) is 14.9. The van der Waals surface area contributed by atoms with E-state index in [-0.39, 0.29) is 12.1 Å². The van der Waals surface area contributed by atoms with Crippen LogP contribution in [0.3, 0.4) is 0 Å². The molecule has 2 atom stereocenters. The molecular formula is C18H22N2O3S. The summed E-state index contributed by atoms with van der Waals surface area (Å²) in [5.41, 5.74) is 2.59. The molecule has 0 heterocycles. The highest BCUT2D eigenvalue weighted by atomic mass is 32.2. The molecular weight excluding hydrogens is 324 g/mol. The molecule has 0 spiro atoms. The number of hydrogen-bond acceptors (Lipinski definition) is 3. The van der Waals surface area contributed by atoms with Gasteiger partial charge in [0.15, 0.2) is 0 Å². The molecule has 0 saturated carbocycles. The molecule has 5 nitrogen and oxygen atoms in total. The van der Waals surface area contributed by atoms with Crippen molar-refractivity contribution >= 4 is 22.5 Å². The van der Waals surface area contributed by atoms with Crippen molar-refractivity contribution in [3.63, 3.8) is 0 Å². The van der Waals surface area contributed by atoms with Crippen molar-refractivity contribution in [3.8, 4) is 16.9 Å². The third kappa shape index (κ3) is 5.09. The summed E-state index contributed by atoms with van der Waals surface area (Å²) in [6.07, 6.45) is 1.62. The third-order valence-corrected chi connectivity index (χ3v) is 4.37. The highest BCUT2D eigenvalue weighted by Crippen LogP contribution is 2.30. The van der Waals surface area contributed by atoms with Gasteiger partial charge in [0.05, 0.1) is 7.11 Å². The summed E-state index contributed by atoms with van der Waals surface area (Å²) in [7, 11) is 0.685. The van der Waals surface area contributed by atoms with Crippen LogP contribution in [-0.2, 0) is 10.8 Å². The van der Waals surface area contributed by atoms with Gasteiger partial charge >= 0.3 is 6.03 Å². The molecule has 128 valence electrons. The zero-order valence-electron chi connectivity index (χ0n) is 14.0. The number of carbonyl (C=O) groups excluding carboxylic acids is 1. The molecule has 2 aromatic carbocycles. The summed E-state index contributed by atoms with van der Waals surface area (Å²) >= 11 is 0. The molecule has 0 radical (unpaired) electrons. The number of ether oxygens (including phenoxy) is 1. The van der Waals surface area contributed by atoms with E-state index in [9.17, 15) is 9.00 Å². The molecule has 0 aliphatic heterocycles. The van der Waals surface area contributed by atoms with Gasteiger partial charge in [-0.05, 0) is 30.7 Å². The van der Waals surface area contributed by atoms with E-state index in [2.05, 4.69) is 10.6 Å². The number of methoxy groups -OCH3 is 1. The molecule has 2 amide bonds. The fourth-order valence-corrected chi connectivity index (χ4v) is 3.22. The Kier molecular flexibility index (Phi) is 6.37. The Hall–Kier alpha value is -2.34. The van der Waals surface area contributed by atoms with E-state index in [1.165, 1.54) is 0 Å². The van der Waals surface area contributed by atoms with Crippen molar-refractivity contribution in [1.29, 1.82) is 0 Å². The summed E-state index contributed by atoms with van der Waals surface area (Å²) in [6.45, 7) is 1.83. The highest BCUT2D eigenvalue weighted by molar-refractivity contribution is 7.84. The Morgan fingerprint density at radius 1 is 1.21 bits per heavy atom.